The summed E-state index contributed by atoms with van der Waals surface area (Å²) in [6, 6.07) is 10.1. The molecular weight excluding hydrogens is 310 g/mol. The number of thioether (sulfide) groups is 1. The van der Waals surface area contributed by atoms with Crippen LogP contribution in [0.15, 0.2) is 35.2 Å². The van der Waals surface area contributed by atoms with Crippen molar-refractivity contribution >= 4 is 23.6 Å². The van der Waals surface area contributed by atoms with Crippen LogP contribution in [-0.4, -0.2) is 48.1 Å². The van der Waals surface area contributed by atoms with Gasteiger partial charge >= 0.3 is 0 Å². The van der Waals surface area contributed by atoms with E-state index in [1.54, 1.807) is 11.8 Å². The second-order valence-corrected chi connectivity index (χ2v) is 6.73. The van der Waals surface area contributed by atoms with Gasteiger partial charge in [0.25, 0.3) is 0 Å². The Labute approximate surface area is 142 Å². The molecule has 1 aromatic carbocycles. The summed E-state index contributed by atoms with van der Waals surface area (Å²) in [4.78, 5) is 27.1. The Morgan fingerprint density at radius 1 is 1.26 bits per heavy atom. The maximum absolute atomic E-state index is 12.5. The normalized spacial score (nSPS) is 17.8. The first-order valence-electron chi connectivity index (χ1n) is 8.15. The zero-order valence-corrected chi connectivity index (χ0v) is 14.2. The van der Waals surface area contributed by atoms with Gasteiger partial charge in [-0.25, -0.2) is 0 Å². The molecule has 0 aliphatic carbocycles. The fraction of sp³-hybridized carbons (Fsp3) is 0.529. The molecule has 23 heavy (non-hydrogen) atoms. The third kappa shape index (κ3) is 5.88. The highest BCUT2D eigenvalue weighted by atomic mass is 32.2. The van der Waals surface area contributed by atoms with Crippen molar-refractivity contribution in [3.8, 4) is 0 Å². The molecule has 1 aliphatic heterocycles. The van der Waals surface area contributed by atoms with Gasteiger partial charge in [0.05, 0.1) is 5.75 Å². The van der Waals surface area contributed by atoms with Gasteiger partial charge in [0.15, 0.2) is 0 Å². The number of hydrogen-bond acceptors (Lipinski definition) is 4. The van der Waals surface area contributed by atoms with Crippen LogP contribution >= 0.6 is 11.8 Å². The molecule has 0 aromatic heterocycles. The number of carbonyl (C=O) groups excluding carboxylic acids is 2. The number of hydrogen-bond donors (Lipinski definition) is 2. The Hall–Kier alpha value is -1.53. The summed E-state index contributed by atoms with van der Waals surface area (Å²) in [5.41, 5.74) is 5.38. The number of nitrogens with two attached hydrogens (primary N) is 1. The largest absolute Gasteiger partial charge is 0.354 e. The third-order valence-electron chi connectivity index (χ3n) is 3.96. The third-order valence-corrected chi connectivity index (χ3v) is 4.96. The first-order valence-corrected chi connectivity index (χ1v) is 9.13. The van der Waals surface area contributed by atoms with E-state index >= 15 is 0 Å². The van der Waals surface area contributed by atoms with Gasteiger partial charge in [-0.15, -0.1) is 11.8 Å². The minimum absolute atomic E-state index is 0.0378. The summed E-state index contributed by atoms with van der Waals surface area (Å²) in [6.07, 6.45) is 3.43. The van der Waals surface area contributed by atoms with Gasteiger partial charge in [0, 0.05) is 37.0 Å². The van der Waals surface area contributed by atoms with Crippen LogP contribution in [0.2, 0.25) is 0 Å². The molecule has 5 nitrogen and oxygen atoms in total. The van der Waals surface area contributed by atoms with Crippen molar-refractivity contribution in [2.75, 3.05) is 25.4 Å². The molecule has 2 amide bonds. The molecule has 0 saturated carbocycles. The zero-order chi connectivity index (χ0) is 16.5. The molecule has 1 saturated heterocycles. The summed E-state index contributed by atoms with van der Waals surface area (Å²) in [5, 5.41) is 2.89. The maximum atomic E-state index is 12.5. The Balaban J connectivity index is 1.84. The molecule has 126 valence electrons. The summed E-state index contributed by atoms with van der Waals surface area (Å²) in [7, 11) is 0. The molecule has 1 atom stereocenters. The van der Waals surface area contributed by atoms with Crippen LogP contribution in [0, 0.1) is 0 Å². The lowest BCUT2D eigenvalue weighted by Crippen LogP contribution is -2.50. The van der Waals surface area contributed by atoms with Crippen LogP contribution in [0.25, 0.3) is 0 Å². The van der Waals surface area contributed by atoms with E-state index in [0.29, 0.717) is 25.3 Å². The quantitative estimate of drug-likeness (QED) is 0.743. The van der Waals surface area contributed by atoms with Crippen molar-refractivity contribution < 1.29 is 9.59 Å². The highest BCUT2D eigenvalue weighted by Crippen LogP contribution is 2.21. The van der Waals surface area contributed by atoms with Crippen LogP contribution in [0.5, 0.6) is 0 Å². The molecule has 3 N–H and O–H groups in total. The molecule has 0 bridgehead atoms. The van der Waals surface area contributed by atoms with Gasteiger partial charge in [-0.2, -0.15) is 0 Å². The van der Waals surface area contributed by atoms with Gasteiger partial charge in [-0.1, -0.05) is 18.2 Å². The Kier molecular flexibility index (Phi) is 7.42. The van der Waals surface area contributed by atoms with Gasteiger partial charge in [-0.3, -0.25) is 9.59 Å². The minimum Gasteiger partial charge on any atom is -0.354 e. The number of carbonyl (C=O) groups is 2. The fourth-order valence-corrected chi connectivity index (χ4v) is 3.54. The van der Waals surface area contributed by atoms with Gasteiger partial charge in [0.1, 0.15) is 0 Å². The number of nitrogens with one attached hydrogen (secondary N) is 1. The predicted molar refractivity (Wildman–Crippen MR) is 93.2 cm³/mol. The van der Waals surface area contributed by atoms with E-state index < -0.39 is 0 Å². The minimum atomic E-state index is -0.0378. The molecule has 1 fully saturated rings. The van der Waals surface area contributed by atoms with E-state index in [2.05, 4.69) is 5.32 Å². The smallest absolute Gasteiger partial charge is 0.233 e. The average Bonchev–Trinajstić information content (AvgIpc) is 2.59. The van der Waals surface area contributed by atoms with E-state index in [0.717, 1.165) is 30.7 Å². The topological polar surface area (TPSA) is 75.4 Å². The van der Waals surface area contributed by atoms with Crippen LogP contribution in [0.3, 0.4) is 0 Å². The molecule has 1 aromatic rings. The lowest BCUT2D eigenvalue weighted by Gasteiger charge is -2.36. The standard InChI is InChI=1S/C17H25N3O2S/c18-10-9-16(21)19-12-14-6-4-5-11-20(14)17(22)13-23-15-7-2-1-3-8-15/h1-3,7-8,14H,4-6,9-13,18H2,(H,19,21). The molecule has 1 unspecified atom stereocenters. The van der Waals surface area contributed by atoms with E-state index in [1.165, 1.54) is 0 Å². The molecule has 0 radical (unpaired) electrons. The number of rotatable bonds is 7. The van der Waals surface area contributed by atoms with Crippen LogP contribution in [-0.2, 0) is 9.59 Å². The second kappa shape index (κ2) is 9.57. The second-order valence-electron chi connectivity index (χ2n) is 5.68. The van der Waals surface area contributed by atoms with Crippen LogP contribution < -0.4 is 11.1 Å². The van der Waals surface area contributed by atoms with Crippen molar-refractivity contribution in [1.82, 2.24) is 10.2 Å². The van der Waals surface area contributed by atoms with Crippen molar-refractivity contribution in [3.05, 3.63) is 30.3 Å². The van der Waals surface area contributed by atoms with Crippen molar-refractivity contribution in [3.63, 3.8) is 0 Å². The monoisotopic (exact) mass is 335 g/mol. The summed E-state index contributed by atoms with van der Waals surface area (Å²) >= 11 is 1.56. The SMILES string of the molecule is NCCC(=O)NCC1CCCCN1C(=O)CSc1ccccc1. The summed E-state index contributed by atoms with van der Waals surface area (Å²) < 4.78 is 0. The van der Waals surface area contributed by atoms with E-state index in [9.17, 15) is 9.59 Å². The van der Waals surface area contributed by atoms with E-state index in [-0.39, 0.29) is 17.9 Å². The molecule has 1 aliphatic rings. The average molecular weight is 335 g/mol. The molecule has 0 spiro atoms. The predicted octanol–water partition coefficient (Wildman–Crippen LogP) is 1.62. The maximum Gasteiger partial charge on any atom is 0.233 e. The fourth-order valence-electron chi connectivity index (χ4n) is 2.74. The first kappa shape index (κ1) is 17.8. The molecular formula is C17H25N3O2S. The lowest BCUT2D eigenvalue weighted by molar-refractivity contribution is -0.132. The first-order chi connectivity index (χ1) is 11.2. The van der Waals surface area contributed by atoms with Crippen LogP contribution in [0.4, 0.5) is 0 Å². The van der Waals surface area contributed by atoms with Crippen LogP contribution in [0.1, 0.15) is 25.7 Å². The summed E-state index contributed by atoms with van der Waals surface area (Å²) in [6.45, 7) is 1.67. The highest BCUT2D eigenvalue weighted by molar-refractivity contribution is 8.00. The number of amides is 2. The highest BCUT2D eigenvalue weighted by Gasteiger charge is 2.26. The van der Waals surface area contributed by atoms with E-state index in [4.69, 9.17) is 5.73 Å². The van der Waals surface area contributed by atoms with Gasteiger partial charge < -0.3 is 16.0 Å². The molecule has 1 heterocycles. The van der Waals surface area contributed by atoms with Gasteiger partial charge in [-0.05, 0) is 31.4 Å². The van der Waals surface area contributed by atoms with E-state index in [1.807, 2.05) is 35.2 Å². The Morgan fingerprint density at radius 2 is 2.04 bits per heavy atom. The molecule has 2 rings (SSSR count). The Morgan fingerprint density at radius 3 is 2.78 bits per heavy atom. The van der Waals surface area contributed by atoms with Crippen molar-refractivity contribution in [2.45, 2.75) is 36.6 Å². The number of benzene rings is 1. The lowest BCUT2D eigenvalue weighted by atomic mass is 10.0. The number of piperidine rings is 1. The zero-order valence-electron chi connectivity index (χ0n) is 13.4. The van der Waals surface area contributed by atoms with Crippen molar-refractivity contribution in [2.24, 2.45) is 5.73 Å². The summed E-state index contributed by atoms with van der Waals surface area (Å²) in [5.74, 6) is 0.554. The van der Waals surface area contributed by atoms with Gasteiger partial charge in [0.2, 0.25) is 11.8 Å². The number of likely N-dealkylation sites (tertiary alicyclic amines) is 1. The number of nitrogens with zero attached hydrogens (tertiary/aromatic N) is 1. The van der Waals surface area contributed by atoms with Crippen molar-refractivity contribution in [1.29, 1.82) is 0 Å². The Bertz CT molecular complexity index is 510. The molecule has 6 heteroatoms.